The van der Waals surface area contributed by atoms with Crippen molar-refractivity contribution >= 4 is 18.0 Å². The van der Waals surface area contributed by atoms with Gasteiger partial charge in [-0.25, -0.2) is 9.79 Å². The summed E-state index contributed by atoms with van der Waals surface area (Å²) in [6.45, 7) is 9.89. The molecule has 8 nitrogen and oxygen atoms in total. The van der Waals surface area contributed by atoms with Gasteiger partial charge in [-0.05, 0) is 45.4 Å². The molecule has 0 radical (unpaired) electrons. The summed E-state index contributed by atoms with van der Waals surface area (Å²) in [5.74, 6) is 0.564. The van der Waals surface area contributed by atoms with E-state index in [1.165, 1.54) is 0 Å². The summed E-state index contributed by atoms with van der Waals surface area (Å²) in [5.41, 5.74) is 1.07. The number of carbonyl (C=O) groups is 2. The third kappa shape index (κ3) is 6.44. The maximum absolute atomic E-state index is 12.0. The molecule has 1 aromatic carbocycles. The molecule has 0 aliphatic carbocycles. The Morgan fingerprint density at radius 3 is 2.61 bits per heavy atom. The zero-order chi connectivity index (χ0) is 20.7. The molecule has 0 aromatic heterocycles. The summed E-state index contributed by atoms with van der Waals surface area (Å²) in [4.78, 5) is 30.0. The number of benzene rings is 1. The van der Waals surface area contributed by atoms with Gasteiger partial charge in [-0.2, -0.15) is 0 Å². The van der Waals surface area contributed by atoms with E-state index < -0.39 is 5.60 Å². The van der Waals surface area contributed by atoms with Gasteiger partial charge in [-0.15, -0.1) is 0 Å². The molecule has 1 aliphatic rings. The van der Waals surface area contributed by atoms with Crippen LogP contribution in [0.1, 0.15) is 43.6 Å². The lowest BCUT2D eigenvalue weighted by Gasteiger charge is -2.40. The Labute approximate surface area is 166 Å². The lowest BCUT2D eigenvalue weighted by atomic mass is 10.1. The molecule has 0 bridgehead atoms. The molecule has 8 heteroatoms. The van der Waals surface area contributed by atoms with Crippen LogP contribution in [0.4, 0.5) is 4.79 Å². The summed E-state index contributed by atoms with van der Waals surface area (Å²) in [6.07, 6.45) is -0.293. The number of aliphatic imine (C=N–C) groups is 1. The van der Waals surface area contributed by atoms with Crippen LogP contribution in [0.2, 0.25) is 0 Å². The third-order valence-corrected chi connectivity index (χ3v) is 4.05. The molecule has 154 valence electrons. The molecule has 0 unspecified atom stereocenters. The zero-order valence-corrected chi connectivity index (χ0v) is 17.3. The van der Waals surface area contributed by atoms with Crippen LogP contribution in [-0.2, 0) is 11.3 Å². The van der Waals surface area contributed by atoms with Gasteiger partial charge in [0.05, 0.1) is 12.6 Å². The second kappa shape index (κ2) is 9.43. The summed E-state index contributed by atoms with van der Waals surface area (Å²) in [7, 11) is 1.61. The number of nitrogens with zero attached hydrogens (tertiary/aromatic N) is 2. The SMILES string of the molecule is CCNC(=NCc1cccc(C(=O)NC)c1)NC1CN(C(=O)OC(C)(C)C)C1. The van der Waals surface area contributed by atoms with Gasteiger partial charge >= 0.3 is 6.09 Å². The van der Waals surface area contributed by atoms with Crippen LogP contribution in [0.3, 0.4) is 0 Å². The maximum Gasteiger partial charge on any atom is 0.410 e. The first kappa shape index (κ1) is 21.5. The van der Waals surface area contributed by atoms with Crippen LogP contribution in [0.25, 0.3) is 0 Å². The molecule has 3 N–H and O–H groups in total. The van der Waals surface area contributed by atoms with E-state index in [4.69, 9.17) is 4.74 Å². The lowest BCUT2D eigenvalue weighted by Crippen LogP contribution is -2.63. The molecule has 1 saturated heterocycles. The van der Waals surface area contributed by atoms with E-state index in [1.54, 1.807) is 18.0 Å². The molecule has 0 spiro atoms. The molecule has 1 heterocycles. The highest BCUT2D eigenvalue weighted by molar-refractivity contribution is 5.94. The highest BCUT2D eigenvalue weighted by atomic mass is 16.6. The van der Waals surface area contributed by atoms with Crippen LogP contribution in [0.15, 0.2) is 29.3 Å². The Balaban J connectivity index is 1.90. The second-order valence-corrected chi connectivity index (χ2v) is 7.70. The quantitative estimate of drug-likeness (QED) is 0.527. The topological polar surface area (TPSA) is 95.1 Å². The van der Waals surface area contributed by atoms with Crippen molar-refractivity contribution in [3.05, 3.63) is 35.4 Å². The molecule has 2 amide bonds. The van der Waals surface area contributed by atoms with Gasteiger partial charge < -0.3 is 25.6 Å². The number of likely N-dealkylation sites (tertiary alicyclic amines) is 1. The number of guanidine groups is 1. The van der Waals surface area contributed by atoms with E-state index in [1.807, 2.05) is 45.9 Å². The van der Waals surface area contributed by atoms with Crippen molar-refractivity contribution in [1.82, 2.24) is 20.9 Å². The number of hydrogen-bond donors (Lipinski definition) is 3. The average Bonchev–Trinajstić information content (AvgIpc) is 2.60. The smallest absolute Gasteiger partial charge is 0.410 e. The van der Waals surface area contributed by atoms with Crippen molar-refractivity contribution < 1.29 is 14.3 Å². The molecule has 1 aliphatic heterocycles. The fraction of sp³-hybridized carbons (Fsp3) is 0.550. The van der Waals surface area contributed by atoms with Gasteiger partial charge in [-0.1, -0.05) is 12.1 Å². The van der Waals surface area contributed by atoms with Crippen LogP contribution in [-0.4, -0.2) is 61.2 Å². The van der Waals surface area contributed by atoms with Crippen LogP contribution in [0, 0.1) is 0 Å². The Morgan fingerprint density at radius 2 is 2.00 bits per heavy atom. The zero-order valence-electron chi connectivity index (χ0n) is 17.3. The maximum atomic E-state index is 12.0. The molecule has 28 heavy (non-hydrogen) atoms. The average molecular weight is 390 g/mol. The van der Waals surface area contributed by atoms with E-state index in [-0.39, 0.29) is 18.0 Å². The largest absolute Gasteiger partial charge is 0.444 e. The van der Waals surface area contributed by atoms with E-state index in [9.17, 15) is 9.59 Å². The number of amides is 2. The normalized spacial score (nSPS) is 14.9. The van der Waals surface area contributed by atoms with Crippen molar-refractivity contribution in [3.8, 4) is 0 Å². The lowest BCUT2D eigenvalue weighted by molar-refractivity contribution is 0.00700. The second-order valence-electron chi connectivity index (χ2n) is 7.70. The molecule has 1 fully saturated rings. The minimum atomic E-state index is -0.491. The number of nitrogens with one attached hydrogen (secondary N) is 3. The van der Waals surface area contributed by atoms with Crippen LogP contribution < -0.4 is 16.0 Å². The fourth-order valence-corrected chi connectivity index (χ4v) is 2.68. The number of carbonyl (C=O) groups excluding carboxylic acids is 2. The Morgan fingerprint density at radius 1 is 1.29 bits per heavy atom. The highest BCUT2D eigenvalue weighted by Crippen LogP contribution is 2.15. The monoisotopic (exact) mass is 389 g/mol. The summed E-state index contributed by atoms with van der Waals surface area (Å²) < 4.78 is 5.37. The van der Waals surface area contributed by atoms with E-state index in [2.05, 4.69) is 20.9 Å². The first-order valence-electron chi connectivity index (χ1n) is 9.55. The third-order valence-electron chi connectivity index (χ3n) is 4.05. The van der Waals surface area contributed by atoms with Gasteiger partial charge in [0.1, 0.15) is 5.60 Å². The number of rotatable bonds is 5. The van der Waals surface area contributed by atoms with Gasteiger partial charge in [0, 0.05) is 32.2 Å². The first-order valence-corrected chi connectivity index (χ1v) is 9.55. The predicted molar refractivity (Wildman–Crippen MR) is 109 cm³/mol. The van der Waals surface area contributed by atoms with E-state index in [0.29, 0.717) is 31.2 Å². The molecular weight excluding hydrogens is 358 g/mol. The van der Waals surface area contributed by atoms with Gasteiger partial charge in [-0.3, -0.25) is 4.79 Å². The summed E-state index contributed by atoms with van der Waals surface area (Å²) >= 11 is 0. The van der Waals surface area contributed by atoms with Crippen molar-refractivity contribution in [2.75, 3.05) is 26.7 Å². The van der Waals surface area contributed by atoms with Crippen molar-refractivity contribution in [3.63, 3.8) is 0 Å². The van der Waals surface area contributed by atoms with Gasteiger partial charge in [0.2, 0.25) is 0 Å². The summed E-state index contributed by atoms with van der Waals surface area (Å²) in [6, 6.07) is 7.52. The molecule has 1 aromatic rings. The number of hydrogen-bond acceptors (Lipinski definition) is 4. The van der Waals surface area contributed by atoms with E-state index >= 15 is 0 Å². The minimum Gasteiger partial charge on any atom is -0.444 e. The van der Waals surface area contributed by atoms with Gasteiger partial charge in [0.15, 0.2) is 5.96 Å². The molecule has 0 atom stereocenters. The Kier molecular flexibility index (Phi) is 7.25. The van der Waals surface area contributed by atoms with Gasteiger partial charge in [0.25, 0.3) is 5.91 Å². The Hall–Kier alpha value is -2.77. The highest BCUT2D eigenvalue weighted by Gasteiger charge is 2.34. The molecule has 0 saturated carbocycles. The van der Waals surface area contributed by atoms with E-state index in [0.717, 1.165) is 12.1 Å². The summed E-state index contributed by atoms with van der Waals surface area (Å²) in [5, 5.41) is 9.16. The van der Waals surface area contributed by atoms with Crippen LogP contribution in [0.5, 0.6) is 0 Å². The first-order chi connectivity index (χ1) is 13.2. The van der Waals surface area contributed by atoms with Crippen molar-refractivity contribution in [2.45, 2.75) is 45.9 Å². The molecule has 2 rings (SSSR count). The van der Waals surface area contributed by atoms with Crippen molar-refractivity contribution in [1.29, 1.82) is 0 Å². The fourth-order valence-electron chi connectivity index (χ4n) is 2.68. The molecular formula is C20H31N5O3. The number of ether oxygens (including phenoxy) is 1. The minimum absolute atomic E-state index is 0.118. The standard InChI is InChI=1S/C20H31N5O3/c1-6-22-18(23-11-14-8-7-9-15(10-14)17(26)21-5)24-16-12-25(13-16)19(27)28-20(2,3)4/h7-10,16H,6,11-13H2,1-5H3,(H,21,26)(H2,22,23,24). The predicted octanol–water partition coefficient (Wildman–Crippen LogP) is 1.72. The van der Waals surface area contributed by atoms with Crippen molar-refractivity contribution in [2.24, 2.45) is 4.99 Å². The Bertz CT molecular complexity index is 721. The van der Waals surface area contributed by atoms with Crippen LogP contribution >= 0.6 is 0 Å².